The molecule has 0 saturated heterocycles. The first-order valence-electron chi connectivity index (χ1n) is 12.7. The van der Waals surface area contributed by atoms with Gasteiger partial charge in [0.05, 0.1) is 0 Å². The maximum Gasteiger partial charge on any atom is 0.253 e. The van der Waals surface area contributed by atoms with Crippen LogP contribution < -0.4 is 15.8 Å². The van der Waals surface area contributed by atoms with Gasteiger partial charge in [0.1, 0.15) is 0 Å². The number of halogens is 1. The number of carbonyl (C=O) groups is 1. The lowest BCUT2D eigenvalue weighted by Crippen LogP contribution is -2.39. The highest BCUT2D eigenvalue weighted by atomic mass is 35.5. The van der Waals surface area contributed by atoms with Crippen LogP contribution in [0.25, 0.3) is 0 Å². The van der Waals surface area contributed by atoms with Crippen LogP contribution in [0.1, 0.15) is 86.1 Å². The number of H-pyrrole nitrogens is 1. The number of hydrogen-bond acceptors (Lipinski definition) is 3. The summed E-state index contributed by atoms with van der Waals surface area (Å²) < 4.78 is 0. The molecule has 1 fully saturated rings. The fourth-order valence-corrected chi connectivity index (χ4v) is 5.74. The smallest absolute Gasteiger partial charge is 0.253 e. The van der Waals surface area contributed by atoms with Gasteiger partial charge < -0.3 is 15.2 Å². The molecule has 0 unspecified atom stereocenters. The second-order valence-electron chi connectivity index (χ2n) is 10.0. The Labute approximate surface area is 209 Å². The Hall–Kier alpha value is -2.27. The summed E-state index contributed by atoms with van der Waals surface area (Å²) in [4.78, 5) is 30.9. The van der Waals surface area contributed by atoms with Crippen molar-refractivity contribution >= 4 is 23.2 Å². The Morgan fingerprint density at radius 1 is 1.12 bits per heavy atom. The van der Waals surface area contributed by atoms with Gasteiger partial charge in [-0.2, -0.15) is 0 Å². The van der Waals surface area contributed by atoms with Crippen molar-refractivity contribution in [1.82, 2.24) is 10.3 Å². The number of pyridine rings is 1. The van der Waals surface area contributed by atoms with E-state index in [0.717, 1.165) is 47.3 Å². The summed E-state index contributed by atoms with van der Waals surface area (Å²) in [5.74, 6) is 1.34. The molecule has 2 N–H and O–H groups in total. The molecule has 1 heterocycles. The fraction of sp³-hybridized carbons (Fsp3) is 0.571. The van der Waals surface area contributed by atoms with Gasteiger partial charge in [-0.3, -0.25) is 9.59 Å². The maximum atomic E-state index is 13.3. The molecule has 1 aliphatic rings. The molecular formula is C28H40ClN3O2. The normalized spacial score (nSPS) is 18.2. The van der Waals surface area contributed by atoms with Crippen molar-refractivity contribution in [3.8, 4) is 0 Å². The topological polar surface area (TPSA) is 65.2 Å². The monoisotopic (exact) mass is 485 g/mol. The maximum absolute atomic E-state index is 13.3. The van der Waals surface area contributed by atoms with Crippen molar-refractivity contribution < 1.29 is 4.79 Å². The Morgan fingerprint density at radius 3 is 2.35 bits per heavy atom. The first-order chi connectivity index (χ1) is 16.2. The SMILES string of the molecule is CCc1c(C(=O)NCc2c(C)cc(C)[nH]c2=O)cc(Cl)cc1N(CC)C1CCC(C(C)C)CC1. The van der Waals surface area contributed by atoms with Gasteiger partial charge in [0.2, 0.25) is 0 Å². The summed E-state index contributed by atoms with van der Waals surface area (Å²) in [5.41, 5.74) is 4.79. The number of rotatable bonds is 8. The first-order valence-corrected chi connectivity index (χ1v) is 13.1. The highest BCUT2D eigenvalue weighted by Crippen LogP contribution is 2.37. The van der Waals surface area contributed by atoms with Gasteiger partial charge in [-0.1, -0.05) is 32.4 Å². The zero-order chi connectivity index (χ0) is 25.0. The molecule has 0 spiro atoms. The van der Waals surface area contributed by atoms with E-state index in [1.54, 1.807) is 6.07 Å². The van der Waals surface area contributed by atoms with Crippen molar-refractivity contribution in [3.05, 3.63) is 61.5 Å². The van der Waals surface area contributed by atoms with E-state index in [1.807, 2.05) is 26.0 Å². The van der Waals surface area contributed by atoms with Crippen LogP contribution in [0.3, 0.4) is 0 Å². The number of carbonyl (C=O) groups excluding carboxylic acids is 1. The Bertz CT molecular complexity index is 1070. The lowest BCUT2D eigenvalue weighted by molar-refractivity contribution is 0.0950. The molecule has 6 heteroatoms. The number of amides is 1. The van der Waals surface area contributed by atoms with Gasteiger partial charge >= 0.3 is 0 Å². The molecule has 2 aromatic rings. The summed E-state index contributed by atoms with van der Waals surface area (Å²) in [5, 5.41) is 3.53. The summed E-state index contributed by atoms with van der Waals surface area (Å²) in [7, 11) is 0. The first kappa shape index (κ1) is 26.3. The molecule has 0 radical (unpaired) electrons. The van der Waals surface area contributed by atoms with Crippen LogP contribution >= 0.6 is 11.6 Å². The quantitative estimate of drug-likeness (QED) is 0.469. The Kier molecular flexibility index (Phi) is 8.86. The highest BCUT2D eigenvalue weighted by molar-refractivity contribution is 6.31. The van der Waals surface area contributed by atoms with Crippen molar-refractivity contribution in [1.29, 1.82) is 0 Å². The third-order valence-corrected chi connectivity index (χ3v) is 7.70. The van der Waals surface area contributed by atoms with E-state index in [0.29, 0.717) is 22.2 Å². The largest absolute Gasteiger partial charge is 0.369 e. The van der Waals surface area contributed by atoms with E-state index >= 15 is 0 Å². The summed E-state index contributed by atoms with van der Waals surface area (Å²) >= 11 is 6.55. The van der Waals surface area contributed by atoms with Crippen LogP contribution in [0.4, 0.5) is 5.69 Å². The predicted molar refractivity (Wildman–Crippen MR) is 142 cm³/mol. The number of hydrogen-bond donors (Lipinski definition) is 2. The number of anilines is 1. The zero-order valence-corrected chi connectivity index (χ0v) is 22.3. The molecule has 34 heavy (non-hydrogen) atoms. The molecule has 1 aromatic heterocycles. The number of aryl methyl sites for hydroxylation is 2. The zero-order valence-electron chi connectivity index (χ0n) is 21.6. The molecule has 0 atom stereocenters. The van der Waals surface area contributed by atoms with E-state index in [4.69, 9.17) is 11.6 Å². The van der Waals surface area contributed by atoms with Crippen molar-refractivity contribution in [2.24, 2.45) is 11.8 Å². The average Bonchev–Trinajstić information content (AvgIpc) is 2.78. The average molecular weight is 486 g/mol. The molecular weight excluding hydrogens is 446 g/mol. The van der Waals surface area contributed by atoms with Crippen LogP contribution in [-0.2, 0) is 13.0 Å². The van der Waals surface area contributed by atoms with Crippen molar-refractivity contribution in [2.75, 3.05) is 11.4 Å². The van der Waals surface area contributed by atoms with Crippen LogP contribution in [0.15, 0.2) is 23.0 Å². The molecule has 0 bridgehead atoms. The lowest BCUT2D eigenvalue weighted by atomic mass is 9.79. The van der Waals surface area contributed by atoms with E-state index in [1.165, 1.54) is 25.7 Å². The third kappa shape index (κ3) is 5.86. The standard InChI is InChI=1S/C28H40ClN3O2/c1-7-23-24(27(33)30-16-25-18(5)13-19(6)31-28(25)34)14-21(29)15-26(23)32(8-2)22-11-9-20(10-12-22)17(3)4/h13-15,17,20,22H,7-12,16H2,1-6H3,(H,30,33)(H,31,34). The summed E-state index contributed by atoms with van der Waals surface area (Å²) in [6.45, 7) is 13.7. The van der Waals surface area contributed by atoms with Crippen LogP contribution in [-0.4, -0.2) is 23.5 Å². The number of nitrogens with zero attached hydrogens (tertiary/aromatic N) is 1. The van der Waals surface area contributed by atoms with Crippen molar-refractivity contribution in [3.63, 3.8) is 0 Å². The minimum Gasteiger partial charge on any atom is -0.369 e. The number of aromatic nitrogens is 1. The van der Waals surface area contributed by atoms with Gasteiger partial charge in [-0.05, 0) is 94.0 Å². The van der Waals surface area contributed by atoms with E-state index in [-0.39, 0.29) is 18.0 Å². The predicted octanol–water partition coefficient (Wildman–Crippen LogP) is 6.18. The summed E-state index contributed by atoms with van der Waals surface area (Å²) in [6, 6.07) is 6.16. The molecule has 1 saturated carbocycles. The van der Waals surface area contributed by atoms with E-state index in [2.05, 4.69) is 42.9 Å². The van der Waals surface area contributed by atoms with Crippen LogP contribution in [0.2, 0.25) is 5.02 Å². The van der Waals surface area contributed by atoms with Crippen LogP contribution in [0, 0.1) is 25.7 Å². The number of benzene rings is 1. The Morgan fingerprint density at radius 2 is 1.79 bits per heavy atom. The van der Waals surface area contributed by atoms with Gasteiger partial charge in [0, 0.05) is 46.7 Å². The molecule has 3 rings (SSSR count). The molecule has 186 valence electrons. The van der Waals surface area contributed by atoms with Gasteiger partial charge in [0.25, 0.3) is 11.5 Å². The lowest BCUT2D eigenvalue weighted by Gasteiger charge is -2.40. The van der Waals surface area contributed by atoms with Gasteiger partial charge in [0.15, 0.2) is 0 Å². The highest BCUT2D eigenvalue weighted by Gasteiger charge is 2.29. The molecule has 1 aromatic carbocycles. The molecule has 1 aliphatic carbocycles. The van der Waals surface area contributed by atoms with Crippen molar-refractivity contribution in [2.45, 2.75) is 86.2 Å². The minimum atomic E-state index is -0.195. The number of nitrogens with one attached hydrogen (secondary N) is 2. The summed E-state index contributed by atoms with van der Waals surface area (Å²) in [6.07, 6.45) is 5.57. The van der Waals surface area contributed by atoms with Gasteiger partial charge in [-0.15, -0.1) is 0 Å². The Balaban J connectivity index is 1.86. The van der Waals surface area contributed by atoms with E-state index in [9.17, 15) is 9.59 Å². The molecule has 1 amide bonds. The second kappa shape index (κ2) is 11.4. The molecule has 5 nitrogen and oxygen atoms in total. The third-order valence-electron chi connectivity index (χ3n) is 7.48. The fourth-order valence-electron chi connectivity index (χ4n) is 5.52. The number of aromatic amines is 1. The van der Waals surface area contributed by atoms with Crippen LogP contribution in [0.5, 0.6) is 0 Å². The minimum absolute atomic E-state index is 0.158. The van der Waals surface area contributed by atoms with Gasteiger partial charge in [-0.25, -0.2) is 0 Å². The molecule has 0 aliphatic heterocycles. The van der Waals surface area contributed by atoms with E-state index < -0.39 is 0 Å². The second-order valence-corrected chi connectivity index (χ2v) is 10.5.